The van der Waals surface area contributed by atoms with Crippen LogP contribution in [0.3, 0.4) is 0 Å². The minimum absolute atomic E-state index is 0.190. The summed E-state index contributed by atoms with van der Waals surface area (Å²) in [5, 5.41) is 10.1. The number of aliphatic carboxylic acids is 1. The van der Waals surface area contributed by atoms with Gasteiger partial charge in [-0.15, -0.1) is 0 Å². The topological polar surface area (TPSA) is 62.0 Å². The first kappa shape index (κ1) is 20.9. The molecule has 0 aromatic heterocycles. The lowest BCUT2D eigenvalue weighted by Crippen LogP contribution is -2.47. The van der Waals surface area contributed by atoms with Gasteiger partial charge in [-0.3, -0.25) is 0 Å². The highest BCUT2D eigenvalue weighted by atomic mass is 16.4. The third-order valence-corrected chi connectivity index (χ3v) is 5.94. The minimum atomic E-state index is -1.41. The molecule has 1 heterocycles. The molecule has 1 aliphatic heterocycles. The van der Waals surface area contributed by atoms with Crippen molar-refractivity contribution in [3.63, 3.8) is 0 Å². The first-order valence-corrected chi connectivity index (χ1v) is 9.25. The molecule has 1 N–H and O–H groups in total. The summed E-state index contributed by atoms with van der Waals surface area (Å²) in [7, 11) is 0. The molecule has 0 unspecified atom stereocenters. The van der Waals surface area contributed by atoms with Gasteiger partial charge >= 0.3 is 5.97 Å². The van der Waals surface area contributed by atoms with Crippen LogP contribution in [0, 0.1) is 16.2 Å². The maximum absolute atomic E-state index is 12.4. The van der Waals surface area contributed by atoms with Gasteiger partial charge in [0.25, 0.3) is 5.66 Å². The highest BCUT2D eigenvalue weighted by molar-refractivity contribution is 6.47. The fraction of sp³-hybridized carbons (Fsp3) is 0.850. The van der Waals surface area contributed by atoms with Gasteiger partial charge in [0.15, 0.2) is 0 Å². The Kier molecular flexibility index (Phi) is 5.74. The molecule has 0 bridgehead atoms. The Hall–Kier alpha value is -1.19. The van der Waals surface area contributed by atoms with Crippen LogP contribution in [0.4, 0.5) is 0 Å². The molecule has 0 saturated carbocycles. The Balaban J connectivity index is 3.72. The minimum Gasteiger partial charge on any atom is -0.478 e. The maximum atomic E-state index is 12.4. The van der Waals surface area contributed by atoms with E-state index in [-0.39, 0.29) is 10.8 Å². The zero-order valence-corrected chi connectivity index (χ0v) is 17.1. The van der Waals surface area contributed by atoms with Gasteiger partial charge in [0.1, 0.15) is 0 Å². The van der Waals surface area contributed by atoms with Crippen LogP contribution in [-0.2, 0) is 4.79 Å². The second-order valence-electron chi connectivity index (χ2n) is 9.01. The van der Waals surface area contributed by atoms with Gasteiger partial charge in [0.2, 0.25) is 0 Å². The van der Waals surface area contributed by atoms with Crippen LogP contribution in [0.25, 0.3) is 0 Å². The zero-order chi connectivity index (χ0) is 19.0. The Morgan fingerprint density at radius 2 is 1.29 bits per heavy atom. The van der Waals surface area contributed by atoms with Gasteiger partial charge in [-0.25, -0.2) is 14.8 Å². The Bertz CT molecular complexity index is 522. The second-order valence-corrected chi connectivity index (χ2v) is 9.01. The van der Waals surface area contributed by atoms with E-state index in [2.05, 4.69) is 48.5 Å². The first-order chi connectivity index (χ1) is 10.8. The summed E-state index contributed by atoms with van der Waals surface area (Å²) in [5.74, 6) is -0.938. The molecule has 138 valence electrons. The molecule has 0 atom stereocenters. The molecule has 0 aromatic rings. The number of carbonyl (C=O) groups is 1. The lowest BCUT2D eigenvalue weighted by atomic mass is 9.73. The van der Waals surface area contributed by atoms with E-state index in [0.717, 1.165) is 37.1 Å². The molecule has 0 amide bonds. The van der Waals surface area contributed by atoms with Crippen molar-refractivity contribution < 1.29 is 9.90 Å². The van der Waals surface area contributed by atoms with Crippen molar-refractivity contribution >= 4 is 17.4 Å². The normalized spacial score (nSPS) is 18.4. The number of carboxylic acids is 1. The molecule has 0 saturated heterocycles. The van der Waals surface area contributed by atoms with E-state index in [4.69, 9.17) is 9.98 Å². The van der Waals surface area contributed by atoms with E-state index in [1.54, 1.807) is 0 Å². The van der Waals surface area contributed by atoms with Crippen molar-refractivity contribution in [2.75, 3.05) is 0 Å². The standard InChI is InChI=1S/C20H36N2O2/c1-10-13-19(8,9)20(16(23)24)21-14(17(4,5)11-2)15(22-20)18(6,7)12-3/h10-13H2,1-9H3,(H,23,24). The molecule has 24 heavy (non-hydrogen) atoms. The monoisotopic (exact) mass is 336 g/mol. The lowest BCUT2D eigenvalue weighted by molar-refractivity contribution is -0.147. The number of nitrogens with zero attached hydrogens (tertiary/aromatic N) is 2. The predicted molar refractivity (Wildman–Crippen MR) is 102 cm³/mol. The van der Waals surface area contributed by atoms with E-state index in [9.17, 15) is 9.90 Å². The van der Waals surface area contributed by atoms with Crippen LogP contribution in [-0.4, -0.2) is 28.2 Å². The predicted octanol–water partition coefficient (Wildman–Crippen LogP) is 5.36. The van der Waals surface area contributed by atoms with Gasteiger partial charge in [-0.05, 0) is 19.3 Å². The van der Waals surface area contributed by atoms with Crippen LogP contribution in [0.2, 0.25) is 0 Å². The molecule has 4 nitrogen and oxygen atoms in total. The molecule has 0 fully saturated rings. The SMILES string of the molecule is CCCC(C)(C)C1(C(=O)O)N=C(C(C)(C)CC)C(C(C)(C)CC)=N1. The summed E-state index contributed by atoms with van der Waals surface area (Å²) in [6.45, 7) is 18.8. The summed E-state index contributed by atoms with van der Waals surface area (Å²) in [6.07, 6.45) is 3.47. The lowest BCUT2D eigenvalue weighted by Gasteiger charge is -2.36. The average molecular weight is 337 g/mol. The number of carboxylic acid groups (broad SMARTS) is 1. The number of aliphatic imine (C=N–C) groups is 2. The molecule has 4 heteroatoms. The Labute approximate surface area is 147 Å². The molecule has 1 aliphatic rings. The third-order valence-electron chi connectivity index (χ3n) is 5.94. The third kappa shape index (κ3) is 3.29. The van der Waals surface area contributed by atoms with Crippen LogP contribution >= 0.6 is 0 Å². The van der Waals surface area contributed by atoms with Crippen molar-refractivity contribution in [3.05, 3.63) is 0 Å². The quantitative estimate of drug-likeness (QED) is 0.648. The van der Waals surface area contributed by atoms with Crippen molar-refractivity contribution in [3.8, 4) is 0 Å². The van der Waals surface area contributed by atoms with Crippen LogP contribution in [0.1, 0.15) is 88.0 Å². The Morgan fingerprint density at radius 1 is 0.917 bits per heavy atom. The highest BCUT2D eigenvalue weighted by Crippen LogP contribution is 2.47. The molecular weight excluding hydrogens is 300 g/mol. The first-order valence-electron chi connectivity index (χ1n) is 9.25. The largest absolute Gasteiger partial charge is 0.478 e. The maximum Gasteiger partial charge on any atom is 0.354 e. The molecule has 0 radical (unpaired) electrons. The summed E-state index contributed by atoms with van der Waals surface area (Å²) < 4.78 is 0. The van der Waals surface area contributed by atoms with E-state index in [1.165, 1.54) is 0 Å². The van der Waals surface area contributed by atoms with Gasteiger partial charge < -0.3 is 5.11 Å². The number of hydrogen-bond acceptors (Lipinski definition) is 3. The number of rotatable bonds is 8. The average Bonchev–Trinajstić information content (AvgIpc) is 2.91. The van der Waals surface area contributed by atoms with E-state index >= 15 is 0 Å². The van der Waals surface area contributed by atoms with E-state index < -0.39 is 17.0 Å². The fourth-order valence-electron chi connectivity index (χ4n) is 3.22. The molecule has 0 spiro atoms. The van der Waals surface area contributed by atoms with E-state index in [0.29, 0.717) is 0 Å². The highest BCUT2D eigenvalue weighted by Gasteiger charge is 2.57. The molecular formula is C20H36N2O2. The summed E-state index contributed by atoms with van der Waals surface area (Å²) >= 11 is 0. The van der Waals surface area contributed by atoms with Gasteiger partial charge in [-0.1, -0.05) is 68.7 Å². The van der Waals surface area contributed by atoms with Crippen molar-refractivity contribution in [1.82, 2.24) is 0 Å². The van der Waals surface area contributed by atoms with Gasteiger partial charge in [-0.2, -0.15) is 0 Å². The second kappa shape index (κ2) is 6.61. The summed E-state index contributed by atoms with van der Waals surface area (Å²) in [6, 6.07) is 0. The molecule has 0 aliphatic carbocycles. The smallest absolute Gasteiger partial charge is 0.354 e. The fourth-order valence-corrected chi connectivity index (χ4v) is 3.22. The number of hydrogen-bond donors (Lipinski definition) is 1. The van der Waals surface area contributed by atoms with Crippen LogP contribution < -0.4 is 0 Å². The van der Waals surface area contributed by atoms with Crippen molar-refractivity contribution in [1.29, 1.82) is 0 Å². The Morgan fingerprint density at radius 3 is 1.54 bits per heavy atom. The van der Waals surface area contributed by atoms with Crippen LogP contribution in [0.15, 0.2) is 9.98 Å². The summed E-state index contributed by atoms with van der Waals surface area (Å²) in [4.78, 5) is 22.1. The van der Waals surface area contributed by atoms with Gasteiger partial charge in [0.05, 0.1) is 11.4 Å². The molecule has 1 rings (SSSR count). The van der Waals surface area contributed by atoms with Crippen molar-refractivity contribution in [2.45, 2.75) is 93.7 Å². The molecule has 0 aromatic carbocycles. The van der Waals surface area contributed by atoms with Gasteiger partial charge in [0, 0.05) is 16.2 Å². The van der Waals surface area contributed by atoms with E-state index in [1.807, 2.05) is 13.8 Å². The summed E-state index contributed by atoms with van der Waals surface area (Å²) in [5.41, 5.74) is -0.567. The van der Waals surface area contributed by atoms with Crippen molar-refractivity contribution in [2.24, 2.45) is 26.2 Å². The zero-order valence-electron chi connectivity index (χ0n) is 17.1. The van der Waals surface area contributed by atoms with Crippen LogP contribution in [0.5, 0.6) is 0 Å².